The third-order valence-electron chi connectivity index (χ3n) is 3.72. The first-order chi connectivity index (χ1) is 13.5. The average molecular weight is 398 g/mol. The van der Waals surface area contributed by atoms with Crippen molar-refractivity contribution in [3.05, 3.63) is 90.0 Å². The van der Waals surface area contributed by atoms with E-state index in [1.54, 1.807) is 36.4 Å². The van der Waals surface area contributed by atoms with Crippen LogP contribution in [0.4, 0.5) is 20.2 Å². The molecule has 7 heteroatoms. The molecule has 0 aromatic heterocycles. The topological polar surface area (TPSA) is 58.2 Å². The molecule has 4 nitrogen and oxygen atoms in total. The van der Waals surface area contributed by atoms with Crippen LogP contribution in [0.2, 0.25) is 0 Å². The third kappa shape index (κ3) is 5.40. The summed E-state index contributed by atoms with van der Waals surface area (Å²) in [6.45, 7) is 0. The first-order valence-corrected chi connectivity index (χ1v) is 9.34. The Kier molecular flexibility index (Phi) is 6.39. The van der Waals surface area contributed by atoms with Gasteiger partial charge in [-0.15, -0.1) is 11.8 Å². The molecule has 2 amide bonds. The maximum atomic E-state index is 13.6. The molecule has 0 aliphatic rings. The van der Waals surface area contributed by atoms with E-state index in [1.807, 2.05) is 0 Å². The van der Waals surface area contributed by atoms with Gasteiger partial charge in [-0.25, -0.2) is 8.78 Å². The molecule has 2 N–H and O–H groups in total. The standard InChI is InChI=1S/C21H16F2N2O2S/c22-15-10-8-14(9-11-15)21(27)24-16-4-3-5-17(12-16)28-13-20(26)25-19-7-2-1-6-18(19)23/h1-12H,13H2,(H,24,27)(H,25,26). The van der Waals surface area contributed by atoms with Crippen LogP contribution in [0.25, 0.3) is 0 Å². The van der Waals surface area contributed by atoms with Crippen molar-refractivity contribution in [3.8, 4) is 0 Å². The maximum Gasteiger partial charge on any atom is 0.255 e. The smallest absolute Gasteiger partial charge is 0.255 e. The number of thioether (sulfide) groups is 1. The molecule has 0 saturated carbocycles. The Morgan fingerprint density at radius 3 is 2.36 bits per heavy atom. The van der Waals surface area contributed by atoms with Crippen LogP contribution in [0.1, 0.15) is 10.4 Å². The summed E-state index contributed by atoms with van der Waals surface area (Å²) in [5, 5.41) is 5.25. The number of nitrogens with one attached hydrogen (secondary N) is 2. The van der Waals surface area contributed by atoms with Crippen molar-refractivity contribution in [2.24, 2.45) is 0 Å². The minimum Gasteiger partial charge on any atom is -0.323 e. The lowest BCUT2D eigenvalue weighted by molar-refractivity contribution is -0.113. The number of para-hydroxylation sites is 1. The van der Waals surface area contributed by atoms with Gasteiger partial charge in [0.2, 0.25) is 5.91 Å². The van der Waals surface area contributed by atoms with Gasteiger partial charge in [0.1, 0.15) is 11.6 Å². The van der Waals surface area contributed by atoms with Gasteiger partial charge in [-0.2, -0.15) is 0 Å². The SMILES string of the molecule is O=C(CSc1cccc(NC(=O)c2ccc(F)cc2)c1)Nc1ccccc1F. The second-order valence-corrected chi connectivity index (χ2v) is 6.85. The Morgan fingerprint density at radius 1 is 0.857 bits per heavy atom. The Labute approximate surface area is 165 Å². The van der Waals surface area contributed by atoms with Crippen LogP contribution in [-0.4, -0.2) is 17.6 Å². The van der Waals surface area contributed by atoms with Crippen molar-refractivity contribution in [3.63, 3.8) is 0 Å². The van der Waals surface area contributed by atoms with Gasteiger partial charge >= 0.3 is 0 Å². The summed E-state index contributed by atoms with van der Waals surface area (Å²) < 4.78 is 26.5. The molecule has 0 saturated heterocycles. The zero-order chi connectivity index (χ0) is 19.9. The van der Waals surface area contributed by atoms with E-state index in [0.29, 0.717) is 11.3 Å². The number of hydrogen-bond acceptors (Lipinski definition) is 3. The van der Waals surface area contributed by atoms with Crippen LogP contribution in [0, 0.1) is 11.6 Å². The van der Waals surface area contributed by atoms with Crippen LogP contribution < -0.4 is 10.6 Å². The van der Waals surface area contributed by atoms with E-state index in [1.165, 1.54) is 48.2 Å². The molecule has 28 heavy (non-hydrogen) atoms. The van der Waals surface area contributed by atoms with Gasteiger partial charge in [0.15, 0.2) is 0 Å². The van der Waals surface area contributed by atoms with Crippen LogP contribution in [0.3, 0.4) is 0 Å². The molecule has 3 aromatic carbocycles. The van der Waals surface area contributed by atoms with Crippen molar-refractivity contribution in [2.75, 3.05) is 16.4 Å². The minimum absolute atomic E-state index is 0.0870. The van der Waals surface area contributed by atoms with E-state index in [4.69, 9.17) is 0 Å². The van der Waals surface area contributed by atoms with Gasteiger partial charge in [0.25, 0.3) is 5.91 Å². The second-order valence-electron chi connectivity index (χ2n) is 5.81. The molecule has 3 rings (SSSR count). The third-order valence-corrected chi connectivity index (χ3v) is 4.71. The first-order valence-electron chi connectivity index (χ1n) is 8.35. The van der Waals surface area contributed by atoms with Gasteiger partial charge in [-0.1, -0.05) is 18.2 Å². The number of halogens is 2. The average Bonchev–Trinajstić information content (AvgIpc) is 2.69. The molecule has 0 fully saturated rings. The number of benzene rings is 3. The van der Waals surface area contributed by atoms with Crippen LogP contribution >= 0.6 is 11.8 Å². The highest BCUT2D eigenvalue weighted by molar-refractivity contribution is 8.00. The quantitative estimate of drug-likeness (QED) is 0.578. The molecule has 142 valence electrons. The molecule has 0 aliphatic carbocycles. The second kappa shape index (κ2) is 9.14. The lowest BCUT2D eigenvalue weighted by Gasteiger charge is -2.08. The Bertz CT molecular complexity index is 994. The van der Waals surface area contributed by atoms with Crippen LogP contribution in [0.5, 0.6) is 0 Å². The first kappa shape index (κ1) is 19.6. The molecule has 0 spiro atoms. The van der Waals surface area contributed by atoms with Gasteiger partial charge in [-0.3, -0.25) is 9.59 Å². The largest absolute Gasteiger partial charge is 0.323 e. The normalized spacial score (nSPS) is 10.4. The monoisotopic (exact) mass is 398 g/mol. The number of anilines is 2. The Balaban J connectivity index is 1.57. The van der Waals surface area contributed by atoms with Gasteiger partial charge in [0, 0.05) is 16.1 Å². The van der Waals surface area contributed by atoms with E-state index < -0.39 is 11.6 Å². The molecule has 0 bridgehead atoms. The lowest BCUT2D eigenvalue weighted by atomic mass is 10.2. The minimum atomic E-state index is -0.494. The summed E-state index contributed by atoms with van der Waals surface area (Å²) in [5.74, 6) is -1.52. The van der Waals surface area contributed by atoms with E-state index in [0.717, 1.165) is 4.90 Å². The fourth-order valence-corrected chi connectivity index (χ4v) is 3.12. The van der Waals surface area contributed by atoms with Gasteiger partial charge in [-0.05, 0) is 54.6 Å². The maximum absolute atomic E-state index is 13.6. The predicted octanol–water partition coefficient (Wildman–Crippen LogP) is 4.95. The molecular formula is C21H16F2N2O2S. The van der Waals surface area contributed by atoms with Crippen molar-refractivity contribution in [2.45, 2.75) is 4.90 Å². The number of hydrogen-bond donors (Lipinski definition) is 2. The summed E-state index contributed by atoms with van der Waals surface area (Å²) in [6.07, 6.45) is 0. The van der Waals surface area contributed by atoms with E-state index >= 15 is 0 Å². The number of carbonyl (C=O) groups excluding carboxylic acids is 2. The molecule has 0 atom stereocenters. The number of amides is 2. The van der Waals surface area contributed by atoms with Gasteiger partial charge in [0.05, 0.1) is 11.4 Å². The predicted molar refractivity (Wildman–Crippen MR) is 107 cm³/mol. The lowest BCUT2D eigenvalue weighted by Crippen LogP contribution is -2.15. The molecule has 0 radical (unpaired) electrons. The van der Waals surface area contributed by atoms with E-state index in [9.17, 15) is 18.4 Å². The summed E-state index contributed by atoms with van der Waals surface area (Å²) in [4.78, 5) is 25.0. The van der Waals surface area contributed by atoms with Crippen molar-refractivity contribution < 1.29 is 18.4 Å². The van der Waals surface area contributed by atoms with Crippen molar-refractivity contribution >= 4 is 35.0 Å². The van der Waals surface area contributed by atoms with Crippen LogP contribution in [-0.2, 0) is 4.79 Å². The highest BCUT2D eigenvalue weighted by Gasteiger charge is 2.09. The fraction of sp³-hybridized carbons (Fsp3) is 0.0476. The van der Waals surface area contributed by atoms with E-state index in [2.05, 4.69) is 10.6 Å². The number of carbonyl (C=O) groups is 2. The summed E-state index contributed by atoms with van der Waals surface area (Å²) in [5.41, 5.74) is 1.02. The molecular weight excluding hydrogens is 382 g/mol. The zero-order valence-electron chi connectivity index (χ0n) is 14.6. The summed E-state index contributed by atoms with van der Waals surface area (Å²) >= 11 is 1.26. The Hall–Kier alpha value is -3.19. The van der Waals surface area contributed by atoms with E-state index in [-0.39, 0.29) is 23.3 Å². The van der Waals surface area contributed by atoms with Crippen LogP contribution in [0.15, 0.2) is 77.7 Å². The van der Waals surface area contributed by atoms with Crippen molar-refractivity contribution in [1.29, 1.82) is 0 Å². The number of rotatable bonds is 6. The molecule has 0 heterocycles. The fourth-order valence-electron chi connectivity index (χ4n) is 2.37. The molecule has 0 unspecified atom stereocenters. The zero-order valence-corrected chi connectivity index (χ0v) is 15.4. The highest BCUT2D eigenvalue weighted by Crippen LogP contribution is 2.23. The summed E-state index contributed by atoms with van der Waals surface area (Å²) in [7, 11) is 0. The summed E-state index contributed by atoms with van der Waals surface area (Å²) in [6, 6.07) is 18.2. The molecule has 3 aromatic rings. The molecule has 0 aliphatic heterocycles. The Morgan fingerprint density at radius 2 is 1.61 bits per heavy atom. The van der Waals surface area contributed by atoms with Crippen molar-refractivity contribution in [1.82, 2.24) is 0 Å². The van der Waals surface area contributed by atoms with Gasteiger partial charge < -0.3 is 10.6 Å². The highest BCUT2D eigenvalue weighted by atomic mass is 32.2.